The van der Waals surface area contributed by atoms with Crippen molar-refractivity contribution in [1.29, 1.82) is 0 Å². The molecule has 4 nitrogen and oxygen atoms in total. The number of rotatable bonds is 4. The van der Waals surface area contributed by atoms with Gasteiger partial charge >= 0.3 is 5.97 Å². The molecule has 4 aromatic rings. The summed E-state index contributed by atoms with van der Waals surface area (Å²) in [5.74, 6) is 0.243. The molecule has 4 rings (SSSR count). The van der Waals surface area contributed by atoms with Gasteiger partial charge in [-0.15, -0.1) is 0 Å². The summed E-state index contributed by atoms with van der Waals surface area (Å²) in [4.78, 5) is 15.7. The van der Waals surface area contributed by atoms with Crippen LogP contribution in [0.15, 0.2) is 72.9 Å². The van der Waals surface area contributed by atoms with Crippen molar-refractivity contribution < 1.29 is 14.3 Å². The lowest BCUT2D eigenvalue weighted by atomic mass is 10.0. The third-order valence-electron chi connectivity index (χ3n) is 4.32. The monoisotopic (exact) mass is 343 g/mol. The first-order chi connectivity index (χ1) is 12.7. The van der Waals surface area contributed by atoms with E-state index in [2.05, 4.69) is 34.0 Å². The fourth-order valence-electron chi connectivity index (χ4n) is 2.92. The smallest absolute Gasteiger partial charge is 0.343 e. The van der Waals surface area contributed by atoms with Gasteiger partial charge in [-0.2, -0.15) is 0 Å². The average molecular weight is 343 g/mol. The zero-order valence-corrected chi connectivity index (χ0v) is 14.3. The number of para-hydroxylation sites is 1. The second-order valence-electron chi connectivity index (χ2n) is 6.01. The Bertz CT molecular complexity index is 1100. The molecule has 128 valence electrons. The average Bonchev–Trinajstić information content (AvgIpc) is 2.71. The number of pyridine rings is 1. The van der Waals surface area contributed by atoms with E-state index in [0.717, 1.165) is 32.8 Å². The molecule has 4 heteroatoms. The predicted octanol–water partition coefficient (Wildman–Crippen LogP) is 4.61. The van der Waals surface area contributed by atoms with Crippen LogP contribution in [0.1, 0.15) is 0 Å². The Morgan fingerprint density at radius 1 is 0.885 bits per heavy atom. The number of ether oxygens (including phenoxy) is 2. The van der Waals surface area contributed by atoms with Crippen LogP contribution in [0, 0.1) is 0 Å². The molecular weight excluding hydrogens is 326 g/mol. The van der Waals surface area contributed by atoms with Crippen molar-refractivity contribution in [3.05, 3.63) is 72.9 Å². The van der Waals surface area contributed by atoms with Gasteiger partial charge in [0, 0.05) is 17.1 Å². The SMILES string of the molecule is COC(=O)COc1ccc2cc(-c3cnc4ccccc4c3)ccc2c1. The Hall–Kier alpha value is -3.40. The number of hydrogen-bond acceptors (Lipinski definition) is 4. The molecule has 0 spiro atoms. The number of benzene rings is 3. The molecule has 0 fully saturated rings. The van der Waals surface area contributed by atoms with E-state index < -0.39 is 5.97 Å². The van der Waals surface area contributed by atoms with Crippen molar-refractivity contribution in [3.8, 4) is 16.9 Å². The molecule has 0 aliphatic rings. The van der Waals surface area contributed by atoms with Gasteiger partial charge < -0.3 is 9.47 Å². The Kier molecular flexibility index (Phi) is 4.23. The zero-order valence-electron chi connectivity index (χ0n) is 14.3. The van der Waals surface area contributed by atoms with E-state index in [9.17, 15) is 4.79 Å². The van der Waals surface area contributed by atoms with E-state index >= 15 is 0 Å². The van der Waals surface area contributed by atoms with Crippen molar-refractivity contribution in [2.45, 2.75) is 0 Å². The maximum Gasteiger partial charge on any atom is 0.343 e. The van der Waals surface area contributed by atoms with Gasteiger partial charge in [0.25, 0.3) is 0 Å². The fraction of sp³-hybridized carbons (Fsp3) is 0.0909. The molecule has 1 aromatic heterocycles. The topological polar surface area (TPSA) is 48.4 Å². The molecule has 0 unspecified atom stereocenters. The Morgan fingerprint density at radius 2 is 1.65 bits per heavy atom. The molecule has 0 amide bonds. The highest BCUT2D eigenvalue weighted by Crippen LogP contribution is 2.28. The molecule has 0 aliphatic carbocycles. The van der Waals surface area contributed by atoms with Crippen LogP contribution in [0.5, 0.6) is 5.75 Å². The summed E-state index contributed by atoms with van der Waals surface area (Å²) in [6.45, 7) is -0.0944. The first-order valence-corrected chi connectivity index (χ1v) is 8.31. The summed E-state index contributed by atoms with van der Waals surface area (Å²) in [7, 11) is 1.34. The van der Waals surface area contributed by atoms with Crippen molar-refractivity contribution in [1.82, 2.24) is 4.98 Å². The number of hydrogen-bond donors (Lipinski definition) is 0. The van der Waals surface area contributed by atoms with Gasteiger partial charge in [0.2, 0.25) is 0 Å². The Labute approximate surface area is 151 Å². The van der Waals surface area contributed by atoms with Gasteiger partial charge in [0.1, 0.15) is 5.75 Å². The van der Waals surface area contributed by atoms with Crippen LogP contribution in [0.2, 0.25) is 0 Å². The van der Waals surface area contributed by atoms with Crippen LogP contribution in [0.3, 0.4) is 0 Å². The van der Waals surface area contributed by atoms with Crippen LogP contribution >= 0.6 is 0 Å². The second-order valence-corrected chi connectivity index (χ2v) is 6.01. The molecule has 1 heterocycles. The minimum Gasteiger partial charge on any atom is -0.482 e. The van der Waals surface area contributed by atoms with Gasteiger partial charge in [-0.05, 0) is 46.7 Å². The van der Waals surface area contributed by atoms with Crippen LogP contribution in [0.25, 0.3) is 32.8 Å². The molecule has 0 atom stereocenters. The van der Waals surface area contributed by atoms with E-state index in [-0.39, 0.29) is 6.61 Å². The highest BCUT2D eigenvalue weighted by Gasteiger charge is 2.05. The van der Waals surface area contributed by atoms with Crippen molar-refractivity contribution >= 4 is 27.6 Å². The van der Waals surface area contributed by atoms with Crippen molar-refractivity contribution in [3.63, 3.8) is 0 Å². The standard InChI is InChI=1S/C22H17NO3/c1-25-22(24)14-26-20-9-8-15-10-16(6-7-17(15)12-20)19-11-18-4-2-3-5-21(18)23-13-19/h2-13H,14H2,1H3. The quantitative estimate of drug-likeness (QED) is 0.508. The lowest BCUT2D eigenvalue weighted by molar-refractivity contribution is -0.142. The number of carbonyl (C=O) groups excluding carboxylic acids is 1. The number of nitrogens with zero attached hydrogens (tertiary/aromatic N) is 1. The fourth-order valence-corrected chi connectivity index (χ4v) is 2.92. The molecule has 0 aliphatic heterocycles. The van der Waals surface area contributed by atoms with Gasteiger partial charge in [-0.1, -0.05) is 36.4 Å². The summed E-state index contributed by atoms with van der Waals surface area (Å²) in [5.41, 5.74) is 3.18. The van der Waals surface area contributed by atoms with Crippen LogP contribution in [0.4, 0.5) is 0 Å². The lowest BCUT2D eigenvalue weighted by Crippen LogP contribution is -2.12. The minimum absolute atomic E-state index is 0.0944. The van der Waals surface area contributed by atoms with E-state index in [1.54, 1.807) is 0 Å². The maximum absolute atomic E-state index is 11.2. The van der Waals surface area contributed by atoms with Crippen molar-refractivity contribution in [2.75, 3.05) is 13.7 Å². The van der Waals surface area contributed by atoms with Gasteiger partial charge in [-0.25, -0.2) is 4.79 Å². The number of esters is 1. The van der Waals surface area contributed by atoms with Gasteiger partial charge in [-0.3, -0.25) is 4.98 Å². The van der Waals surface area contributed by atoms with Crippen LogP contribution in [-0.4, -0.2) is 24.7 Å². The predicted molar refractivity (Wildman–Crippen MR) is 102 cm³/mol. The Morgan fingerprint density at radius 3 is 2.54 bits per heavy atom. The van der Waals surface area contributed by atoms with E-state index in [1.807, 2.05) is 48.7 Å². The molecule has 0 bridgehead atoms. The summed E-state index contributed by atoms with van der Waals surface area (Å²) in [6, 6.07) is 22.2. The van der Waals surface area contributed by atoms with E-state index in [1.165, 1.54) is 7.11 Å². The number of aromatic nitrogens is 1. The zero-order chi connectivity index (χ0) is 17.9. The van der Waals surface area contributed by atoms with Crippen molar-refractivity contribution in [2.24, 2.45) is 0 Å². The molecule has 0 saturated heterocycles. The largest absolute Gasteiger partial charge is 0.482 e. The first-order valence-electron chi connectivity index (χ1n) is 8.31. The molecule has 26 heavy (non-hydrogen) atoms. The van der Waals surface area contributed by atoms with Gasteiger partial charge in [0.05, 0.1) is 12.6 Å². The van der Waals surface area contributed by atoms with E-state index in [0.29, 0.717) is 5.75 Å². The number of fused-ring (bicyclic) bond motifs is 2. The minimum atomic E-state index is -0.399. The summed E-state index contributed by atoms with van der Waals surface area (Å²) >= 11 is 0. The molecular formula is C22H17NO3. The van der Waals surface area contributed by atoms with Crippen LogP contribution in [-0.2, 0) is 9.53 Å². The first kappa shape index (κ1) is 16.1. The summed E-state index contributed by atoms with van der Waals surface area (Å²) in [5, 5.41) is 3.27. The summed E-state index contributed by atoms with van der Waals surface area (Å²) in [6.07, 6.45) is 1.90. The van der Waals surface area contributed by atoms with Crippen LogP contribution < -0.4 is 4.74 Å². The molecule has 3 aromatic carbocycles. The third-order valence-corrected chi connectivity index (χ3v) is 4.32. The number of methoxy groups -OCH3 is 1. The molecule has 0 saturated carbocycles. The number of carbonyl (C=O) groups is 1. The summed E-state index contributed by atoms with van der Waals surface area (Å²) < 4.78 is 10.0. The molecule has 0 N–H and O–H groups in total. The highest BCUT2D eigenvalue weighted by molar-refractivity contribution is 5.90. The molecule has 0 radical (unpaired) electrons. The van der Waals surface area contributed by atoms with Gasteiger partial charge in [0.15, 0.2) is 6.61 Å². The third kappa shape index (κ3) is 3.22. The highest BCUT2D eigenvalue weighted by atomic mass is 16.6. The Balaban J connectivity index is 1.65. The maximum atomic E-state index is 11.2. The second kappa shape index (κ2) is 6.84. The lowest BCUT2D eigenvalue weighted by Gasteiger charge is -2.08. The van der Waals surface area contributed by atoms with E-state index in [4.69, 9.17) is 4.74 Å². The normalized spacial score (nSPS) is 10.8.